The number of piperazine rings is 1. The van der Waals surface area contributed by atoms with Crippen LogP contribution in [0.25, 0.3) is 11.3 Å². The number of rotatable bonds is 9. The second-order valence-electron chi connectivity index (χ2n) is 11.3. The quantitative estimate of drug-likeness (QED) is 0.273. The number of thiazole rings is 1. The van der Waals surface area contributed by atoms with Gasteiger partial charge in [-0.1, -0.05) is 91.3 Å². The van der Waals surface area contributed by atoms with E-state index in [1.165, 1.54) is 11.1 Å². The van der Waals surface area contributed by atoms with Crippen LogP contribution in [0.4, 0.5) is 5.13 Å². The summed E-state index contributed by atoms with van der Waals surface area (Å²) in [5, 5.41) is 3.06. The van der Waals surface area contributed by atoms with Gasteiger partial charge in [-0.3, -0.25) is 0 Å². The molecule has 7 heteroatoms. The Morgan fingerprint density at radius 2 is 1.45 bits per heavy atom. The SMILES string of the molecule is CCCc1ccc(-c2csc(N3CCN(S(=O)(=O)c4c(C(C)C)cc(C(C)C)cc4C(C)C)CC3)n2)cc1. The van der Waals surface area contributed by atoms with Crippen molar-refractivity contribution < 1.29 is 8.42 Å². The molecule has 0 atom stereocenters. The van der Waals surface area contributed by atoms with Gasteiger partial charge in [-0.2, -0.15) is 4.31 Å². The van der Waals surface area contributed by atoms with Gasteiger partial charge in [0.05, 0.1) is 10.6 Å². The summed E-state index contributed by atoms with van der Waals surface area (Å²) in [4.78, 5) is 7.66. The maximum absolute atomic E-state index is 14.1. The van der Waals surface area contributed by atoms with E-state index in [1.807, 2.05) is 0 Å². The summed E-state index contributed by atoms with van der Waals surface area (Å²) in [6.07, 6.45) is 2.23. The highest BCUT2D eigenvalue weighted by Gasteiger charge is 2.34. The van der Waals surface area contributed by atoms with E-state index >= 15 is 0 Å². The molecule has 206 valence electrons. The monoisotopic (exact) mass is 553 g/mol. The van der Waals surface area contributed by atoms with Gasteiger partial charge < -0.3 is 4.90 Å². The molecule has 0 spiro atoms. The maximum Gasteiger partial charge on any atom is 0.243 e. The van der Waals surface area contributed by atoms with Crippen molar-refractivity contribution in [1.29, 1.82) is 0 Å². The Morgan fingerprint density at radius 1 is 0.868 bits per heavy atom. The van der Waals surface area contributed by atoms with Crippen LogP contribution in [0, 0.1) is 0 Å². The molecule has 2 heterocycles. The van der Waals surface area contributed by atoms with Crippen LogP contribution in [0.3, 0.4) is 0 Å². The number of aromatic nitrogens is 1. The molecule has 0 N–H and O–H groups in total. The van der Waals surface area contributed by atoms with Crippen molar-refractivity contribution in [2.45, 2.75) is 84.0 Å². The Kier molecular flexibility index (Phi) is 9.00. The standard InChI is InChI=1S/C31H43N3O2S2/c1-8-9-24-10-12-25(13-11-24)29-20-37-31(32-29)33-14-16-34(17-15-33)38(35,36)30-27(22(4)5)18-26(21(2)3)19-28(30)23(6)7/h10-13,18-23H,8-9,14-17H2,1-7H3. The molecule has 4 rings (SSSR count). The Bertz CT molecular complexity index is 1300. The van der Waals surface area contributed by atoms with E-state index in [0.717, 1.165) is 40.4 Å². The largest absolute Gasteiger partial charge is 0.345 e. The molecule has 0 aliphatic carbocycles. The van der Waals surface area contributed by atoms with Gasteiger partial charge in [0.25, 0.3) is 0 Å². The number of aryl methyl sites for hydroxylation is 1. The van der Waals surface area contributed by atoms with E-state index in [-0.39, 0.29) is 11.8 Å². The summed E-state index contributed by atoms with van der Waals surface area (Å²) in [5.74, 6) is 0.604. The molecule has 1 aromatic heterocycles. The summed E-state index contributed by atoms with van der Waals surface area (Å²) in [7, 11) is -3.62. The van der Waals surface area contributed by atoms with Crippen LogP contribution in [-0.2, 0) is 16.4 Å². The molecule has 1 aliphatic rings. The van der Waals surface area contributed by atoms with Crippen molar-refractivity contribution in [2.75, 3.05) is 31.1 Å². The third-order valence-corrected chi connectivity index (χ3v) is 10.4. The van der Waals surface area contributed by atoms with Gasteiger partial charge in [0.2, 0.25) is 10.0 Å². The number of hydrogen-bond acceptors (Lipinski definition) is 5. The van der Waals surface area contributed by atoms with Crippen LogP contribution in [0.1, 0.15) is 94.9 Å². The van der Waals surface area contributed by atoms with E-state index in [0.29, 0.717) is 37.0 Å². The number of sulfonamides is 1. The molecular formula is C31H43N3O2S2. The molecule has 1 aliphatic heterocycles. The Morgan fingerprint density at radius 3 is 1.95 bits per heavy atom. The minimum absolute atomic E-state index is 0.127. The molecule has 1 saturated heterocycles. The molecular weight excluding hydrogens is 510 g/mol. The topological polar surface area (TPSA) is 53.5 Å². The van der Waals surface area contributed by atoms with Gasteiger partial charge in [-0.15, -0.1) is 11.3 Å². The molecule has 0 radical (unpaired) electrons. The van der Waals surface area contributed by atoms with E-state index in [4.69, 9.17) is 4.98 Å². The van der Waals surface area contributed by atoms with Gasteiger partial charge >= 0.3 is 0 Å². The predicted octanol–water partition coefficient (Wildman–Crippen LogP) is 7.64. The number of benzene rings is 2. The molecule has 38 heavy (non-hydrogen) atoms. The molecule has 3 aromatic rings. The predicted molar refractivity (Wildman–Crippen MR) is 161 cm³/mol. The van der Waals surface area contributed by atoms with Crippen molar-refractivity contribution in [3.05, 3.63) is 64.0 Å². The first-order valence-electron chi connectivity index (χ1n) is 14.0. The van der Waals surface area contributed by atoms with Gasteiger partial charge in [0.15, 0.2) is 5.13 Å². The Labute approximate surface area is 234 Å². The summed E-state index contributed by atoms with van der Waals surface area (Å²) in [5.41, 5.74) is 6.55. The summed E-state index contributed by atoms with van der Waals surface area (Å²) >= 11 is 1.63. The van der Waals surface area contributed by atoms with Crippen molar-refractivity contribution in [3.63, 3.8) is 0 Å². The van der Waals surface area contributed by atoms with Gasteiger partial charge in [0.1, 0.15) is 0 Å². The zero-order valence-electron chi connectivity index (χ0n) is 24.0. The van der Waals surface area contributed by atoms with Crippen LogP contribution >= 0.6 is 11.3 Å². The lowest BCUT2D eigenvalue weighted by Gasteiger charge is -2.35. The van der Waals surface area contributed by atoms with E-state index in [1.54, 1.807) is 15.6 Å². The van der Waals surface area contributed by atoms with E-state index in [2.05, 4.69) is 95.1 Å². The van der Waals surface area contributed by atoms with Crippen LogP contribution in [0.15, 0.2) is 46.7 Å². The lowest BCUT2D eigenvalue weighted by molar-refractivity contribution is 0.383. The average molecular weight is 554 g/mol. The smallest absolute Gasteiger partial charge is 0.243 e. The second-order valence-corrected chi connectivity index (χ2v) is 14.1. The minimum Gasteiger partial charge on any atom is -0.345 e. The second kappa shape index (κ2) is 11.9. The first-order chi connectivity index (χ1) is 18.0. The van der Waals surface area contributed by atoms with Crippen molar-refractivity contribution in [1.82, 2.24) is 9.29 Å². The Balaban J connectivity index is 1.54. The summed E-state index contributed by atoms with van der Waals surface area (Å²) in [6.45, 7) is 17.1. The highest BCUT2D eigenvalue weighted by molar-refractivity contribution is 7.89. The van der Waals surface area contributed by atoms with Crippen LogP contribution in [0.2, 0.25) is 0 Å². The lowest BCUT2D eigenvalue weighted by atomic mass is 9.89. The third kappa shape index (κ3) is 6.00. The fraction of sp³-hybridized carbons (Fsp3) is 0.516. The van der Waals surface area contributed by atoms with Gasteiger partial charge in [0, 0.05) is 37.1 Å². The summed E-state index contributed by atoms with van der Waals surface area (Å²) in [6, 6.07) is 12.9. The van der Waals surface area contributed by atoms with Crippen molar-refractivity contribution in [3.8, 4) is 11.3 Å². The van der Waals surface area contributed by atoms with Crippen molar-refractivity contribution >= 4 is 26.5 Å². The van der Waals surface area contributed by atoms with Gasteiger partial charge in [-0.05, 0) is 46.4 Å². The fourth-order valence-electron chi connectivity index (χ4n) is 5.11. The zero-order chi connectivity index (χ0) is 27.6. The van der Waals surface area contributed by atoms with Gasteiger partial charge in [-0.25, -0.2) is 13.4 Å². The Hall–Kier alpha value is -2.22. The first-order valence-corrected chi connectivity index (χ1v) is 16.3. The van der Waals surface area contributed by atoms with Crippen LogP contribution < -0.4 is 4.90 Å². The van der Waals surface area contributed by atoms with E-state index in [9.17, 15) is 8.42 Å². The number of nitrogens with zero attached hydrogens (tertiary/aromatic N) is 3. The molecule has 2 aromatic carbocycles. The number of hydrogen-bond donors (Lipinski definition) is 0. The fourth-order valence-corrected chi connectivity index (χ4v) is 8.08. The van der Waals surface area contributed by atoms with Crippen LogP contribution in [-0.4, -0.2) is 43.9 Å². The highest BCUT2D eigenvalue weighted by Crippen LogP contribution is 2.37. The third-order valence-electron chi connectivity index (χ3n) is 7.47. The zero-order valence-corrected chi connectivity index (χ0v) is 25.6. The molecule has 5 nitrogen and oxygen atoms in total. The first kappa shape index (κ1) is 28.8. The van der Waals surface area contributed by atoms with Crippen molar-refractivity contribution in [2.24, 2.45) is 0 Å². The molecule has 1 fully saturated rings. The van der Waals surface area contributed by atoms with E-state index < -0.39 is 10.0 Å². The van der Waals surface area contributed by atoms with Crippen LogP contribution in [0.5, 0.6) is 0 Å². The molecule has 0 amide bonds. The minimum atomic E-state index is -3.62. The molecule has 0 bridgehead atoms. The molecule has 0 saturated carbocycles. The highest BCUT2D eigenvalue weighted by atomic mass is 32.2. The lowest BCUT2D eigenvalue weighted by Crippen LogP contribution is -2.49. The average Bonchev–Trinajstić information content (AvgIpc) is 3.39. The number of anilines is 1. The normalized spacial score (nSPS) is 15.3. The summed E-state index contributed by atoms with van der Waals surface area (Å²) < 4.78 is 29.9. The maximum atomic E-state index is 14.1. The molecule has 0 unspecified atom stereocenters.